The number of cyclic esters (lactones) is 1. The first-order chi connectivity index (χ1) is 21.1. The van der Waals surface area contributed by atoms with E-state index in [1.165, 1.54) is 6.08 Å². The van der Waals surface area contributed by atoms with E-state index < -0.39 is 82.9 Å². The monoisotopic (exact) mass is 668 g/mol. The molecule has 9 nitrogen and oxygen atoms in total. The Morgan fingerprint density at radius 3 is 1.93 bits per heavy atom. The van der Waals surface area contributed by atoms with Crippen LogP contribution in [0.5, 0.6) is 0 Å². The number of rotatable bonds is 12. The Hall–Kier alpha value is -3.16. The summed E-state index contributed by atoms with van der Waals surface area (Å²) < 4.78 is 97.0. The van der Waals surface area contributed by atoms with Gasteiger partial charge in [0.15, 0.2) is 24.3 Å². The fourth-order valence-corrected chi connectivity index (χ4v) is 10.5. The predicted octanol–water partition coefficient (Wildman–Crippen LogP) is 5.54. The molecule has 1 aliphatic heterocycles. The maximum Gasteiger partial charge on any atom is 0.340 e. The minimum Gasteiger partial charge on any atom is -0.457 e. The van der Waals surface area contributed by atoms with Gasteiger partial charge >= 0.3 is 11.9 Å². The summed E-state index contributed by atoms with van der Waals surface area (Å²) in [6.45, 7) is 7.43. The third-order valence-electron chi connectivity index (χ3n) is 8.34. The molecule has 0 aromatic heterocycles. The molecule has 1 fully saturated rings. The molecule has 0 radical (unpaired) electrons. The smallest absolute Gasteiger partial charge is 0.340 e. The third-order valence-corrected chi connectivity index (χ3v) is 13.6. The molecule has 45 heavy (non-hydrogen) atoms. The van der Waals surface area contributed by atoms with Gasteiger partial charge in [-0.05, 0) is 98.0 Å². The van der Waals surface area contributed by atoms with E-state index in [0.717, 1.165) is 74.7 Å². The first-order valence-corrected chi connectivity index (χ1v) is 17.9. The number of esters is 2. The van der Waals surface area contributed by atoms with Crippen LogP contribution in [0.4, 0.5) is 8.78 Å². The predicted molar refractivity (Wildman–Crippen MR) is 160 cm³/mol. The molecule has 0 saturated heterocycles. The maximum atomic E-state index is 13.7. The van der Waals surface area contributed by atoms with E-state index >= 15 is 0 Å². The van der Waals surface area contributed by atoms with Gasteiger partial charge < -0.3 is 14.2 Å². The molecule has 1 aliphatic carbocycles. The van der Waals surface area contributed by atoms with E-state index in [9.17, 15) is 35.2 Å². The number of sulfone groups is 2. The summed E-state index contributed by atoms with van der Waals surface area (Å²) in [6, 6.07) is 7.29. The van der Waals surface area contributed by atoms with Crippen LogP contribution in [0.2, 0.25) is 0 Å². The van der Waals surface area contributed by atoms with E-state index in [2.05, 4.69) is 20.8 Å². The highest BCUT2D eigenvalue weighted by molar-refractivity contribution is 8.09. The molecule has 2 aliphatic rings. The molecule has 5 atom stereocenters. The second kappa shape index (κ2) is 14.1. The van der Waals surface area contributed by atoms with Gasteiger partial charge in [-0.2, -0.15) is 0 Å². The molecule has 1 saturated carbocycles. The van der Waals surface area contributed by atoms with Crippen molar-refractivity contribution >= 4 is 31.6 Å². The molecule has 4 rings (SSSR count). The van der Waals surface area contributed by atoms with Crippen LogP contribution in [0.3, 0.4) is 0 Å². The second-order valence-corrected chi connectivity index (χ2v) is 16.6. The first-order valence-electron chi connectivity index (χ1n) is 14.8. The number of benzene rings is 2. The van der Waals surface area contributed by atoms with Crippen LogP contribution in [0.1, 0.15) is 59.8 Å². The summed E-state index contributed by atoms with van der Waals surface area (Å²) >= 11 is 0. The fourth-order valence-electron chi connectivity index (χ4n) is 5.97. The largest absolute Gasteiger partial charge is 0.457 e. The van der Waals surface area contributed by atoms with Crippen LogP contribution in [0.25, 0.3) is 0 Å². The standard InChI is InChI=1S/C32H38F2O9S2/c1-19(2)26-14-5-20(3)17-29(26)42-30-18-27(32(36)43-30)28(41-21(4)35)15-16-31(44(37,38)24-10-6-22(33)7-11-24)45(39,40)25-12-8-23(34)9-13-25/h6-13,18-20,26,28-31H,5,14-17H2,1-4H3/t20-,26+,28+,29-,30-/m1/s1. The van der Waals surface area contributed by atoms with Gasteiger partial charge in [-0.1, -0.05) is 27.2 Å². The van der Waals surface area contributed by atoms with Crippen molar-refractivity contribution in [1.82, 2.24) is 0 Å². The van der Waals surface area contributed by atoms with Crippen LogP contribution in [0.15, 0.2) is 70.0 Å². The average Bonchev–Trinajstić information content (AvgIpc) is 3.32. The Kier molecular flexibility index (Phi) is 10.9. The highest BCUT2D eigenvalue weighted by Gasteiger charge is 2.43. The van der Waals surface area contributed by atoms with Crippen molar-refractivity contribution in [1.29, 1.82) is 0 Å². The second-order valence-electron chi connectivity index (χ2n) is 12.0. The minimum absolute atomic E-state index is 0.0998. The lowest BCUT2D eigenvalue weighted by atomic mass is 9.75. The summed E-state index contributed by atoms with van der Waals surface area (Å²) in [5.41, 5.74) is -0.0998. The Morgan fingerprint density at radius 1 is 0.911 bits per heavy atom. The lowest BCUT2D eigenvalue weighted by Crippen LogP contribution is -2.36. The van der Waals surface area contributed by atoms with E-state index in [-0.39, 0.29) is 17.6 Å². The van der Waals surface area contributed by atoms with Crippen LogP contribution in [0, 0.1) is 29.4 Å². The SMILES string of the molecule is CC(=O)O[C@@H](CCC(S(=O)(=O)c1ccc(F)cc1)S(=O)(=O)c1ccc(F)cc1)C1=C[C@H](O[C@@H]2C[C@H](C)CC[C@H]2C(C)C)OC1=O. The van der Waals surface area contributed by atoms with Crippen molar-refractivity contribution in [2.24, 2.45) is 17.8 Å². The van der Waals surface area contributed by atoms with Gasteiger partial charge in [-0.3, -0.25) is 4.79 Å². The molecule has 0 unspecified atom stereocenters. The topological polar surface area (TPSA) is 130 Å². The van der Waals surface area contributed by atoms with Crippen molar-refractivity contribution in [3.8, 4) is 0 Å². The van der Waals surface area contributed by atoms with Crippen LogP contribution in [-0.2, 0) is 43.5 Å². The van der Waals surface area contributed by atoms with Crippen molar-refractivity contribution < 1.29 is 49.4 Å². The molecule has 0 bridgehead atoms. The molecular weight excluding hydrogens is 630 g/mol. The number of halogens is 2. The number of hydrogen-bond donors (Lipinski definition) is 0. The number of carbonyl (C=O) groups is 2. The van der Waals surface area contributed by atoms with Gasteiger partial charge in [0.05, 0.1) is 21.5 Å². The molecular formula is C32H38F2O9S2. The molecule has 2 aromatic carbocycles. The van der Waals surface area contributed by atoms with E-state index in [0.29, 0.717) is 11.8 Å². The average molecular weight is 669 g/mol. The van der Waals surface area contributed by atoms with Crippen molar-refractivity contribution in [2.45, 2.75) is 92.7 Å². The summed E-state index contributed by atoms with van der Waals surface area (Å²) in [4.78, 5) is 24.2. The summed E-state index contributed by atoms with van der Waals surface area (Å²) in [5.74, 6) is -2.09. The van der Waals surface area contributed by atoms with Gasteiger partial charge in [-0.15, -0.1) is 0 Å². The fraction of sp³-hybridized carbons (Fsp3) is 0.500. The van der Waals surface area contributed by atoms with Crippen molar-refractivity contribution in [2.75, 3.05) is 0 Å². The summed E-state index contributed by atoms with van der Waals surface area (Å²) in [6.07, 6.45) is 0.529. The Morgan fingerprint density at radius 2 is 1.44 bits per heavy atom. The van der Waals surface area contributed by atoms with E-state index in [1.807, 2.05) is 0 Å². The Bertz CT molecular complexity index is 1540. The zero-order valence-electron chi connectivity index (χ0n) is 25.5. The van der Waals surface area contributed by atoms with Crippen LogP contribution < -0.4 is 0 Å². The lowest BCUT2D eigenvalue weighted by molar-refractivity contribution is -0.179. The highest BCUT2D eigenvalue weighted by atomic mass is 32.3. The van der Waals surface area contributed by atoms with Crippen LogP contribution in [-0.4, -0.2) is 51.9 Å². The normalized spacial score (nSPS) is 23.1. The minimum atomic E-state index is -4.69. The van der Waals surface area contributed by atoms with Gasteiger partial charge in [0, 0.05) is 6.92 Å². The molecule has 1 heterocycles. The first kappa shape index (κ1) is 34.7. The lowest BCUT2D eigenvalue weighted by Gasteiger charge is -2.37. The van der Waals surface area contributed by atoms with Crippen molar-refractivity contribution in [3.05, 3.63) is 71.8 Å². The molecule has 0 N–H and O–H groups in total. The Balaban J connectivity index is 1.65. The van der Waals surface area contributed by atoms with Crippen LogP contribution >= 0.6 is 0 Å². The molecule has 0 amide bonds. The van der Waals surface area contributed by atoms with Crippen molar-refractivity contribution in [3.63, 3.8) is 0 Å². The third kappa shape index (κ3) is 8.17. The van der Waals surface area contributed by atoms with E-state index in [1.54, 1.807) is 0 Å². The zero-order chi connectivity index (χ0) is 33.1. The molecule has 246 valence electrons. The van der Waals surface area contributed by atoms with E-state index in [4.69, 9.17) is 14.2 Å². The van der Waals surface area contributed by atoms with Gasteiger partial charge in [0.2, 0.25) is 6.29 Å². The summed E-state index contributed by atoms with van der Waals surface area (Å²) in [7, 11) is -9.39. The molecule has 0 spiro atoms. The molecule has 2 aromatic rings. The number of ether oxygens (including phenoxy) is 3. The maximum absolute atomic E-state index is 13.7. The van der Waals surface area contributed by atoms with Gasteiger partial charge in [0.1, 0.15) is 17.7 Å². The quantitative estimate of drug-likeness (QED) is 0.212. The molecule has 13 heteroatoms. The van der Waals surface area contributed by atoms with Gasteiger partial charge in [0.25, 0.3) is 0 Å². The highest BCUT2D eigenvalue weighted by Crippen LogP contribution is 2.38. The summed E-state index contributed by atoms with van der Waals surface area (Å²) in [5, 5.41) is 0. The number of carbonyl (C=O) groups excluding carboxylic acids is 2. The van der Waals surface area contributed by atoms with Gasteiger partial charge in [-0.25, -0.2) is 30.4 Å². The Labute approximate surface area is 262 Å². The number of hydrogen-bond acceptors (Lipinski definition) is 9. The zero-order valence-corrected chi connectivity index (χ0v) is 27.2.